The predicted molar refractivity (Wildman–Crippen MR) is 68.8 cm³/mol. The van der Waals surface area contributed by atoms with Crippen LogP contribution in [0.3, 0.4) is 0 Å². The summed E-state index contributed by atoms with van der Waals surface area (Å²) in [6, 6.07) is 9.54. The predicted octanol–water partition coefficient (Wildman–Crippen LogP) is 0.411. The molecule has 17 heavy (non-hydrogen) atoms. The minimum atomic E-state index is -0.996. The Morgan fingerprint density at radius 2 is 2.00 bits per heavy atom. The highest BCUT2D eigenvalue weighted by atomic mass is 16.5. The Balaban J connectivity index is 2.69. The summed E-state index contributed by atoms with van der Waals surface area (Å²) in [6.45, 7) is 2.11. The van der Waals surface area contributed by atoms with Crippen molar-refractivity contribution in [2.75, 3.05) is 40.4 Å². The zero-order chi connectivity index (χ0) is 12.7. The lowest BCUT2D eigenvalue weighted by atomic mass is 9.93. The van der Waals surface area contributed by atoms with Crippen LogP contribution in [0.25, 0.3) is 0 Å². The largest absolute Gasteiger partial charge is 0.383 e. The fraction of sp³-hybridized carbons (Fsp3) is 0.538. The number of rotatable bonds is 7. The molecule has 1 rings (SSSR count). The van der Waals surface area contributed by atoms with Gasteiger partial charge in [-0.2, -0.15) is 0 Å². The van der Waals surface area contributed by atoms with Gasteiger partial charge in [-0.1, -0.05) is 30.3 Å². The van der Waals surface area contributed by atoms with Crippen molar-refractivity contribution in [1.29, 1.82) is 0 Å². The van der Waals surface area contributed by atoms with Gasteiger partial charge < -0.3 is 20.5 Å². The van der Waals surface area contributed by atoms with E-state index in [2.05, 4.69) is 0 Å². The molecular formula is C13H22N2O2. The summed E-state index contributed by atoms with van der Waals surface area (Å²) >= 11 is 0. The number of nitrogens with two attached hydrogens (primary N) is 1. The first-order valence-electron chi connectivity index (χ1n) is 5.78. The second-order valence-electron chi connectivity index (χ2n) is 4.33. The molecule has 0 saturated heterocycles. The Morgan fingerprint density at radius 1 is 1.35 bits per heavy atom. The van der Waals surface area contributed by atoms with E-state index in [0.29, 0.717) is 13.2 Å². The van der Waals surface area contributed by atoms with Gasteiger partial charge in [0, 0.05) is 26.7 Å². The molecule has 0 radical (unpaired) electrons. The molecule has 0 amide bonds. The molecule has 0 spiro atoms. The number of hydrogen-bond acceptors (Lipinski definition) is 4. The molecule has 0 saturated carbocycles. The minimum Gasteiger partial charge on any atom is -0.383 e. The van der Waals surface area contributed by atoms with Crippen LogP contribution < -0.4 is 5.73 Å². The molecule has 0 bridgehead atoms. The Kier molecular flexibility index (Phi) is 5.58. The van der Waals surface area contributed by atoms with Crippen LogP contribution in [0.2, 0.25) is 0 Å². The molecule has 4 heteroatoms. The van der Waals surface area contributed by atoms with E-state index in [0.717, 1.165) is 12.1 Å². The molecule has 96 valence electrons. The van der Waals surface area contributed by atoms with Crippen molar-refractivity contribution in [1.82, 2.24) is 4.90 Å². The second kappa shape index (κ2) is 6.71. The fourth-order valence-corrected chi connectivity index (χ4v) is 1.79. The van der Waals surface area contributed by atoms with E-state index >= 15 is 0 Å². The number of nitrogens with zero attached hydrogens (tertiary/aromatic N) is 1. The molecule has 0 aliphatic rings. The van der Waals surface area contributed by atoms with E-state index in [1.807, 2.05) is 42.3 Å². The maximum atomic E-state index is 10.6. The number of methoxy groups -OCH3 is 1. The van der Waals surface area contributed by atoms with Gasteiger partial charge in [0.15, 0.2) is 0 Å². The zero-order valence-corrected chi connectivity index (χ0v) is 10.6. The molecule has 0 fully saturated rings. The van der Waals surface area contributed by atoms with Crippen LogP contribution in [-0.4, -0.2) is 50.4 Å². The maximum absolute atomic E-state index is 10.6. The Bertz CT molecular complexity index is 318. The van der Waals surface area contributed by atoms with Crippen LogP contribution in [0.1, 0.15) is 5.56 Å². The van der Waals surface area contributed by atoms with Crippen molar-refractivity contribution in [2.45, 2.75) is 5.60 Å². The van der Waals surface area contributed by atoms with E-state index in [9.17, 15) is 5.11 Å². The van der Waals surface area contributed by atoms with Gasteiger partial charge in [-0.05, 0) is 12.6 Å². The summed E-state index contributed by atoms with van der Waals surface area (Å²) in [6.07, 6.45) is 0. The number of benzene rings is 1. The van der Waals surface area contributed by atoms with Crippen LogP contribution in [-0.2, 0) is 10.3 Å². The molecular weight excluding hydrogens is 216 g/mol. The van der Waals surface area contributed by atoms with Gasteiger partial charge in [-0.15, -0.1) is 0 Å². The molecule has 1 aromatic rings. The monoisotopic (exact) mass is 238 g/mol. The molecule has 0 heterocycles. The van der Waals surface area contributed by atoms with Crippen LogP contribution >= 0.6 is 0 Å². The fourth-order valence-electron chi connectivity index (χ4n) is 1.79. The molecule has 0 aliphatic heterocycles. The minimum absolute atomic E-state index is 0.203. The van der Waals surface area contributed by atoms with Crippen LogP contribution in [0.15, 0.2) is 30.3 Å². The average molecular weight is 238 g/mol. The number of likely N-dealkylation sites (N-methyl/N-ethyl adjacent to an activating group) is 1. The van der Waals surface area contributed by atoms with E-state index in [1.165, 1.54) is 0 Å². The third-order valence-corrected chi connectivity index (χ3v) is 2.86. The molecule has 3 N–H and O–H groups in total. The van der Waals surface area contributed by atoms with Crippen molar-refractivity contribution >= 4 is 0 Å². The van der Waals surface area contributed by atoms with Gasteiger partial charge in [0.2, 0.25) is 0 Å². The lowest BCUT2D eigenvalue weighted by molar-refractivity contribution is 0.00857. The SMILES string of the molecule is COCCN(C)CC(O)(CN)c1ccccc1. The van der Waals surface area contributed by atoms with Crippen molar-refractivity contribution in [3.8, 4) is 0 Å². The summed E-state index contributed by atoms with van der Waals surface area (Å²) in [5.41, 5.74) is 5.57. The summed E-state index contributed by atoms with van der Waals surface area (Å²) in [7, 11) is 3.61. The normalized spacial score (nSPS) is 14.9. The first kappa shape index (κ1) is 14.1. The van der Waals surface area contributed by atoms with Crippen molar-refractivity contribution in [3.05, 3.63) is 35.9 Å². The van der Waals surface area contributed by atoms with Crippen molar-refractivity contribution in [2.24, 2.45) is 5.73 Å². The van der Waals surface area contributed by atoms with E-state index in [-0.39, 0.29) is 6.54 Å². The van der Waals surface area contributed by atoms with Gasteiger partial charge >= 0.3 is 0 Å². The summed E-state index contributed by atoms with van der Waals surface area (Å²) in [4.78, 5) is 2.02. The van der Waals surface area contributed by atoms with E-state index in [1.54, 1.807) is 7.11 Å². The Hall–Kier alpha value is -0.940. The van der Waals surface area contributed by atoms with E-state index < -0.39 is 5.60 Å². The van der Waals surface area contributed by atoms with Gasteiger partial charge in [-0.25, -0.2) is 0 Å². The number of ether oxygens (including phenoxy) is 1. The standard InChI is InChI=1S/C13H22N2O2/c1-15(8-9-17-2)11-13(16,10-14)12-6-4-3-5-7-12/h3-7,16H,8-11,14H2,1-2H3. The van der Waals surface area contributed by atoms with Crippen LogP contribution in [0.5, 0.6) is 0 Å². The number of aliphatic hydroxyl groups is 1. The van der Waals surface area contributed by atoms with Gasteiger partial charge in [0.25, 0.3) is 0 Å². The van der Waals surface area contributed by atoms with Crippen molar-refractivity contribution in [3.63, 3.8) is 0 Å². The quantitative estimate of drug-likeness (QED) is 0.722. The highest BCUT2D eigenvalue weighted by Crippen LogP contribution is 2.20. The lowest BCUT2D eigenvalue weighted by Crippen LogP contribution is -2.45. The molecule has 1 unspecified atom stereocenters. The average Bonchev–Trinajstić information content (AvgIpc) is 2.37. The lowest BCUT2D eigenvalue weighted by Gasteiger charge is -2.31. The first-order valence-corrected chi connectivity index (χ1v) is 5.78. The molecule has 0 aliphatic carbocycles. The smallest absolute Gasteiger partial charge is 0.114 e. The zero-order valence-electron chi connectivity index (χ0n) is 10.6. The highest BCUT2D eigenvalue weighted by Gasteiger charge is 2.28. The Morgan fingerprint density at radius 3 is 2.53 bits per heavy atom. The summed E-state index contributed by atoms with van der Waals surface area (Å²) < 4.78 is 5.01. The molecule has 0 aromatic heterocycles. The molecule has 1 atom stereocenters. The topological polar surface area (TPSA) is 58.7 Å². The number of hydrogen-bond donors (Lipinski definition) is 2. The second-order valence-corrected chi connectivity index (χ2v) is 4.33. The molecule has 4 nitrogen and oxygen atoms in total. The van der Waals surface area contributed by atoms with Gasteiger partial charge in [0.1, 0.15) is 5.60 Å². The Labute approximate surface area is 103 Å². The molecule has 1 aromatic carbocycles. The van der Waals surface area contributed by atoms with Crippen LogP contribution in [0, 0.1) is 0 Å². The highest BCUT2D eigenvalue weighted by molar-refractivity contribution is 5.23. The van der Waals surface area contributed by atoms with Gasteiger partial charge in [-0.3, -0.25) is 0 Å². The maximum Gasteiger partial charge on any atom is 0.114 e. The van der Waals surface area contributed by atoms with Crippen molar-refractivity contribution < 1.29 is 9.84 Å². The van der Waals surface area contributed by atoms with Gasteiger partial charge in [0.05, 0.1) is 6.61 Å². The summed E-state index contributed by atoms with van der Waals surface area (Å²) in [5.74, 6) is 0. The summed E-state index contributed by atoms with van der Waals surface area (Å²) in [5, 5.41) is 10.6. The van der Waals surface area contributed by atoms with Crippen LogP contribution in [0.4, 0.5) is 0 Å². The third-order valence-electron chi connectivity index (χ3n) is 2.86. The third kappa shape index (κ3) is 4.09. The van der Waals surface area contributed by atoms with E-state index in [4.69, 9.17) is 10.5 Å². The first-order chi connectivity index (χ1) is 8.12.